The van der Waals surface area contributed by atoms with Crippen molar-refractivity contribution in [1.82, 2.24) is 4.31 Å². The third-order valence-electron chi connectivity index (χ3n) is 6.37. The molecule has 1 saturated heterocycles. The van der Waals surface area contributed by atoms with E-state index >= 15 is 0 Å². The first-order valence-electron chi connectivity index (χ1n) is 11.7. The number of hydrogen-bond donors (Lipinski definition) is 1. The van der Waals surface area contributed by atoms with E-state index in [1.165, 1.54) is 41.4 Å². The zero-order valence-electron chi connectivity index (χ0n) is 19.3. The minimum atomic E-state index is -3.71. The van der Waals surface area contributed by atoms with Crippen molar-refractivity contribution in [3.63, 3.8) is 0 Å². The minimum absolute atomic E-state index is 0.0629. The normalized spacial score (nSPS) is 17.6. The molecule has 1 heterocycles. The Bertz CT molecular complexity index is 1110. The number of rotatable bonds is 7. The number of aryl methyl sites for hydroxylation is 2. The predicted molar refractivity (Wildman–Crippen MR) is 127 cm³/mol. The van der Waals surface area contributed by atoms with Crippen LogP contribution in [-0.4, -0.2) is 44.9 Å². The van der Waals surface area contributed by atoms with Crippen LogP contribution in [-0.2, 0) is 27.7 Å². The van der Waals surface area contributed by atoms with E-state index in [0.717, 1.165) is 32.1 Å². The number of benzene rings is 2. The van der Waals surface area contributed by atoms with Gasteiger partial charge in [-0.1, -0.05) is 12.5 Å². The number of amides is 1. The van der Waals surface area contributed by atoms with Crippen molar-refractivity contribution in [3.05, 3.63) is 47.5 Å². The number of ether oxygens (including phenoxy) is 2. The van der Waals surface area contributed by atoms with E-state index in [9.17, 15) is 13.2 Å². The van der Waals surface area contributed by atoms with Gasteiger partial charge in [-0.2, -0.15) is 4.31 Å². The van der Waals surface area contributed by atoms with Crippen LogP contribution >= 0.6 is 0 Å². The van der Waals surface area contributed by atoms with Crippen LogP contribution in [0.2, 0.25) is 0 Å². The lowest BCUT2D eigenvalue weighted by molar-refractivity contribution is -0.122. The molecule has 4 rings (SSSR count). The number of carbonyl (C=O) groups excluding carboxylic acids is 1. The van der Waals surface area contributed by atoms with E-state index < -0.39 is 16.1 Å². The Balaban J connectivity index is 1.48. The van der Waals surface area contributed by atoms with Crippen molar-refractivity contribution < 1.29 is 22.7 Å². The summed E-state index contributed by atoms with van der Waals surface area (Å²) in [6.07, 6.45) is 6.48. The van der Waals surface area contributed by atoms with Gasteiger partial charge in [0, 0.05) is 18.8 Å². The fourth-order valence-corrected chi connectivity index (χ4v) is 6.18. The summed E-state index contributed by atoms with van der Waals surface area (Å²) in [6.45, 7) is 2.67. The van der Waals surface area contributed by atoms with Crippen LogP contribution in [0.4, 0.5) is 5.69 Å². The Morgan fingerprint density at radius 2 is 1.70 bits per heavy atom. The number of carbonyl (C=O) groups is 1. The first kappa shape index (κ1) is 23.6. The fourth-order valence-electron chi connectivity index (χ4n) is 4.49. The summed E-state index contributed by atoms with van der Waals surface area (Å²) in [4.78, 5) is 12.9. The Morgan fingerprint density at radius 1 is 0.970 bits per heavy atom. The molecule has 1 aliphatic heterocycles. The van der Waals surface area contributed by atoms with Gasteiger partial charge in [-0.05, 0) is 86.9 Å². The second kappa shape index (κ2) is 10.1. The maximum atomic E-state index is 13.2. The number of fused-ring (bicyclic) bond motifs is 1. The quantitative estimate of drug-likeness (QED) is 0.654. The first-order valence-corrected chi connectivity index (χ1v) is 13.1. The van der Waals surface area contributed by atoms with E-state index in [4.69, 9.17) is 9.47 Å². The molecule has 2 aromatic rings. The summed E-state index contributed by atoms with van der Waals surface area (Å²) >= 11 is 0. The zero-order chi connectivity index (χ0) is 23.4. The lowest BCUT2D eigenvalue weighted by Gasteiger charge is -2.26. The first-order chi connectivity index (χ1) is 15.9. The summed E-state index contributed by atoms with van der Waals surface area (Å²) in [5.41, 5.74) is 3.03. The van der Waals surface area contributed by atoms with Crippen LogP contribution in [0.15, 0.2) is 41.3 Å². The highest BCUT2D eigenvalue weighted by molar-refractivity contribution is 7.89. The number of anilines is 1. The molecule has 1 fully saturated rings. The van der Waals surface area contributed by atoms with Gasteiger partial charge in [-0.15, -0.1) is 0 Å². The van der Waals surface area contributed by atoms with Crippen molar-refractivity contribution in [3.8, 4) is 11.5 Å². The van der Waals surface area contributed by atoms with Gasteiger partial charge in [0.05, 0.1) is 7.11 Å². The zero-order valence-corrected chi connectivity index (χ0v) is 20.1. The number of piperidine rings is 1. The van der Waals surface area contributed by atoms with E-state index in [2.05, 4.69) is 11.4 Å². The SMILES string of the molecule is COc1ccc(NC(=O)[C@H](C)Oc2ccc3c(c2)CCCC3)cc1S(=O)(=O)N1CCCCC1. The highest BCUT2D eigenvalue weighted by atomic mass is 32.2. The molecule has 0 unspecified atom stereocenters. The summed E-state index contributed by atoms with van der Waals surface area (Å²) in [7, 11) is -2.27. The van der Waals surface area contributed by atoms with Gasteiger partial charge in [0.25, 0.3) is 5.91 Å². The molecule has 0 bridgehead atoms. The molecule has 1 amide bonds. The summed E-state index contributed by atoms with van der Waals surface area (Å²) < 4.78 is 39.1. The number of sulfonamides is 1. The third-order valence-corrected chi connectivity index (χ3v) is 8.29. The highest BCUT2D eigenvalue weighted by Gasteiger charge is 2.29. The summed E-state index contributed by atoms with van der Waals surface area (Å²) in [5, 5.41) is 2.79. The monoisotopic (exact) mass is 472 g/mol. The summed E-state index contributed by atoms with van der Waals surface area (Å²) in [5.74, 6) is 0.581. The molecule has 2 aromatic carbocycles. The average Bonchev–Trinajstić information content (AvgIpc) is 2.84. The predicted octanol–water partition coefficient (Wildman–Crippen LogP) is 4.15. The fraction of sp³-hybridized carbons (Fsp3) is 0.480. The second-order valence-electron chi connectivity index (χ2n) is 8.72. The smallest absolute Gasteiger partial charge is 0.265 e. The van der Waals surface area contributed by atoms with Crippen LogP contribution in [0.25, 0.3) is 0 Å². The van der Waals surface area contributed by atoms with E-state index in [1.807, 2.05) is 12.1 Å². The Hall–Kier alpha value is -2.58. The van der Waals surface area contributed by atoms with Crippen LogP contribution in [0.5, 0.6) is 11.5 Å². The van der Waals surface area contributed by atoms with Crippen molar-refractivity contribution in [2.24, 2.45) is 0 Å². The van der Waals surface area contributed by atoms with Crippen LogP contribution in [0.1, 0.15) is 50.2 Å². The van der Waals surface area contributed by atoms with Crippen molar-refractivity contribution in [2.75, 3.05) is 25.5 Å². The van der Waals surface area contributed by atoms with Crippen molar-refractivity contribution in [2.45, 2.75) is 62.9 Å². The number of nitrogens with one attached hydrogen (secondary N) is 1. The van der Waals surface area contributed by atoms with E-state index in [1.54, 1.807) is 19.1 Å². The topological polar surface area (TPSA) is 84.9 Å². The van der Waals surface area contributed by atoms with Gasteiger partial charge in [-0.3, -0.25) is 4.79 Å². The van der Waals surface area contributed by atoms with Crippen LogP contribution in [0.3, 0.4) is 0 Å². The maximum Gasteiger partial charge on any atom is 0.265 e. The van der Waals surface area contributed by atoms with Crippen molar-refractivity contribution in [1.29, 1.82) is 0 Å². The molecule has 1 aliphatic carbocycles. The maximum absolute atomic E-state index is 13.2. The van der Waals surface area contributed by atoms with Gasteiger partial charge < -0.3 is 14.8 Å². The Labute approximate surface area is 196 Å². The van der Waals surface area contributed by atoms with E-state index in [-0.39, 0.29) is 16.6 Å². The molecule has 178 valence electrons. The molecule has 7 nitrogen and oxygen atoms in total. The number of nitrogens with zero attached hydrogens (tertiary/aromatic N) is 1. The molecule has 8 heteroatoms. The molecule has 0 radical (unpaired) electrons. The number of hydrogen-bond acceptors (Lipinski definition) is 5. The third kappa shape index (κ3) is 5.33. The van der Waals surface area contributed by atoms with Gasteiger partial charge in [0.2, 0.25) is 10.0 Å². The average molecular weight is 473 g/mol. The molecular formula is C25H32N2O5S. The molecule has 2 aliphatic rings. The van der Waals surface area contributed by atoms with Crippen LogP contribution in [0, 0.1) is 0 Å². The molecular weight excluding hydrogens is 440 g/mol. The van der Waals surface area contributed by atoms with Gasteiger partial charge in [0.15, 0.2) is 6.10 Å². The highest BCUT2D eigenvalue weighted by Crippen LogP contribution is 2.31. The standard InChI is InChI=1S/C25H32N2O5S/c1-18(32-22-12-10-19-8-4-5-9-20(19)16-22)25(28)26-21-11-13-23(31-2)24(17-21)33(29,30)27-14-6-3-7-15-27/h10-13,16-18H,3-9,14-15H2,1-2H3,(H,26,28)/t18-/m0/s1. The molecule has 0 aromatic heterocycles. The molecule has 0 saturated carbocycles. The molecule has 33 heavy (non-hydrogen) atoms. The second-order valence-corrected chi connectivity index (χ2v) is 10.6. The molecule has 1 N–H and O–H groups in total. The summed E-state index contributed by atoms with van der Waals surface area (Å²) in [6, 6.07) is 10.7. The van der Waals surface area contributed by atoms with Crippen LogP contribution < -0.4 is 14.8 Å². The largest absolute Gasteiger partial charge is 0.495 e. The van der Waals surface area contributed by atoms with Gasteiger partial charge >= 0.3 is 0 Å². The van der Waals surface area contributed by atoms with Gasteiger partial charge in [-0.25, -0.2) is 8.42 Å². The van der Waals surface area contributed by atoms with Gasteiger partial charge in [0.1, 0.15) is 16.4 Å². The molecule has 0 spiro atoms. The van der Waals surface area contributed by atoms with Crippen molar-refractivity contribution >= 4 is 21.6 Å². The Morgan fingerprint density at radius 3 is 2.42 bits per heavy atom. The molecule has 1 atom stereocenters. The van der Waals surface area contributed by atoms with E-state index in [0.29, 0.717) is 24.5 Å². The lowest BCUT2D eigenvalue weighted by Crippen LogP contribution is -2.36. The number of methoxy groups -OCH3 is 1. The Kier molecular flexibility index (Phi) is 7.24. The minimum Gasteiger partial charge on any atom is -0.495 e. The lowest BCUT2D eigenvalue weighted by atomic mass is 9.92.